The Bertz CT molecular complexity index is 707. The molecule has 0 saturated carbocycles. The van der Waals surface area contributed by atoms with Gasteiger partial charge in [-0.05, 0) is 29.3 Å². The fourth-order valence-corrected chi connectivity index (χ4v) is 2.30. The number of carboxylic acid groups (broad SMARTS) is 1. The van der Waals surface area contributed by atoms with E-state index in [1.165, 1.54) is 0 Å². The third-order valence-electron chi connectivity index (χ3n) is 3.04. The summed E-state index contributed by atoms with van der Waals surface area (Å²) in [5.74, 6) is -0.955. The third-order valence-corrected chi connectivity index (χ3v) is 3.28. The lowest BCUT2D eigenvalue weighted by Gasteiger charge is -2.12. The van der Waals surface area contributed by atoms with Crippen LogP contribution >= 0.6 is 11.6 Å². The van der Waals surface area contributed by atoms with Crippen molar-refractivity contribution in [1.29, 1.82) is 0 Å². The second-order valence-corrected chi connectivity index (χ2v) is 4.70. The van der Waals surface area contributed by atoms with Crippen LogP contribution in [0.15, 0.2) is 36.4 Å². The molecule has 1 aliphatic rings. The van der Waals surface area contributed by atoms with Crippen LogP contribution in [-0.4, -0.2) is 11.1 Å². The van der Waals surface area contributed by atoms with E-state index in [1.54, 1.807) is 24.3 Å². The van der Waals surface area contributed by atoms with Gasteiger partial charge in [0.15, 0.2) is 0 Å². The highest BCUT2D eigenvalue weighted by molar-refractivity contribution is 6.31. The molecular weight excluding hydrogens is 262 g/mol. The standard InChI is InChI=1S/C15H10ClNO2/c16-11-7-6-9-4-5-10-2-1-3-12(15(18)19)14(10)17-13(9)8-11/h1-8,17H,(H,18,19). The highest BCUT2D eigenvalue weighted by Crippen LogP contribution is 2.34. The summed E-state index contributed by atoms with van der Waals surface area (Å²) in [6.45, 7) is 0. The molecule has 0 spiro atoms. The van der Waals surface area contributed by atoms with E-state index < -0.39 is 5.97 Å². The Hall–Kier alpha value is -2.26. The molecule has 0 bridgehead atoms. The van der Waals surface area contributed by atoms with Gasteiger partial charge in [-0.25, -0.2) is 4.79 Å². The topological polar surface area (TPSA) is 49.3 Å². The van der Waals surface area contributed by atoms with Crippen LogP contribution in [0.4, 0.5) is 11.4 Å². The smallest absolute Gasteiger partial charge is 0.337 e. The van der Waals surface area contributed by atoms with Gasteiger partial charge < -0.3 is 10.4 Å². The summed E-state index contributed by atoms with van der Waals surface area (Å²) in [4.78, 5) is 11.3. The predicted molar refractivity (Wildman–Crippen MR) is 77.1 cm³/mol. The zero-order valence-electron chi connectivity index (χ0n) is 9.85. The number of benzene rings is 2. The van der Waals surface area contributed by atoms with E-state index in [0.717, 1.165) is 16.8 Å². The Morgan fingerprint density at radius 1 is 1.11 bits per heavy atom. The van der Waals surface area contributed by atoms with Crippen LogP contribution in [0.25, 0.3) is 12.2 Å². The van der Waals surface area contributed by atoms with Crippen molar-refractivity contribution in [3.63, 3.8) is 0 Å². The van der Waals surface area contributed by atoms with Gasteiger partial charge in [-0.3, -0.25) is 0 Å². The summed E-state index contributed by atoms with van der Waals surface area (Å²) < 4.78 is 0. The van der Waals surface area contributed by atoms with E-state index in [1.807, 2.05) is 24.3 Å². The van der Waals surface area contributed by atoms with Crippen molar-refractivity contribution < 1.29 is 9.90 Å². The fourth-order valence-electron chi connectivity index (χ4n) is 2.12. The van der Waals surface area contributed by atoms with E-state index in [2.05, 4.69) is 5.32 Å². The summed E-state index contributed by atoms with van der Waals surface area (Å²) in [6, 6.07) is 10.7. The highest BCUT2D eigenvalue weighted by Gasteiger charge is 2.16. The third kappa shape index (κ3) is 2.09. The molecule has 0 saturated heterocycles. The lowest BCUT2D eigenvalue weighted by molar-refractivity contribution is 0.0698. The summed E-state index contributed by atoms with van der Waals surface area (Å²) in [6.07, 6.45) is 3.84. The monoisotopic (exact) mass is 271 g/mol. The highest BCUT2D eigenvalue weighted by atomic mass is 35.5. The molecule has 2 aromatic rings. The molecule has 2 aromatic carbocycles. The molecule has 0 unspecified atom stereocenters. The molecule has 3 rings (SSSR count). The van der Waals surface area contributed by atoms with Gasteiger partial charge in [0.2, 0.25) is 0 Å². The number of nitrogens with one attached hydrogen (secondary N) is 1. The van der Waals surface area contributed by atoms with E-state index in [9.17, 15) is 9.90 Å². The number of anilines is 2. The van der Waals surface area contributed by atoms with Gasteiger partial charge in [0.05, 0.1) is 11.3 Å². The Balaban J connectivity index is 2.21. The predicted octanol–water partition coefficient (Wildman–Crippen LogP) is 4.27. The van der Waals surface area contributed by atoms with Crippen molar-refractivity contribution in [3.8, 4) is 0 Å². The van der Waals surface area contributed by atoms with Gasteiger partial charge in [-0.1, -0.05) is 42.0 Å². The molecule has 0 aliphatic carbocycles. The van der Waals surface area contributed by atoms with Crippen LogP contribution in [0.3, 0.4) is 0 Å². The number of carboxylic acids is 1. The van der Waals surface area contributed by atoms with Crippen molar-refractivity contribution in [2.45, 2.75) is 0 Å². The van der Waals surface area contributed by atoms with Gasteiger partial charge in [0.25, 0.3) is 0 Å². The lowest BCUT2D eigenvalue weighted by atomic mass is 10.1. The van der Waals surface area contributed by atoms with E-state index in [4.69, 9.17) is 11.6 Å². The first-order valence-electron chi connectivity index (χ1n) is 5.76. The normalized spacial score (nSPS) is 12.1. The average molecular weight is 272 g/mol. The fraction of sp³-hybridized carbons (Fsp3) is 0. The molecule has 1 heterocycles. The van der Waals surface area contributed by atoms with Crippen LogP contribution in [0.5, 0.6) is 0 Å². The summed E-state index contributed by atoms with van der Waals surface area (Å²) in [5.41, 5.74) is 3.45. The zero-order valence-corrected chi connectivity index (χ0v) is 10.6. The van der Waals surface area contributed by atoms with Crippen molar-refractivity contribution >= 4 is 41.1 Å². The van der Waals surface area contributed by atoms with Crippen LogP contribution in [-0.2, 0) is 0 Å². The molecule has 94 valence electrons. The zero-order chi connectivity index (χ0) is 13.4. The van der Waals surface area contributed by atoms with Crippen molar-refractivity contribution in [3.05, 3.63) is 58.1 Å². The van der Waals surface area contributed by atoms with Crippen LogP contribution in [0, 0.1) is 0 Å². The van der Waals surface area contributed by atoms with Crippen molar-refractivity contribution in [2.24, 2.45) is 0 Å². The second kappa shape index (κ2) is 4.44. The Morgan fingerprint density at radius 2 is 1.89 bits per heavy atom. The van der Waals surface area contributed by atoms with E-state index in [-0.39, 0.29) is 5.56 Å². The van der Waals surface area contributed by atoms with Gasteiger partial charge in [0.1, 0.15) is 0 Å². The van der Waals surface area contributed by atoms with E-state index >= 15 is 0 Å². The lowest BCUT2D eigenvalue weighted by Crippen LogP contribution is -2.04. The molecule has 0 aromatic heterocycles. The molecule has 0 radical (unpaired) electrons. The average Bonchev–Trinajstić information content (AvgIpc) is 2.56. The molecule has 3 nitrogen and oxygen atoms in total. The summed E-state index contributed by atoms with van der Waals surface area (Å²) in [5, 5.41) is 13.0. The number of hydrogen-bond acceptors (Lipinski definition) is 2. The first-order valence-corrected chi connectivity index (χ1v) is 6.14. The molecule has 0 atom stereocenters. The largest absolute Gasteiger partial charge is 0.478 e. The van der Waals surface area contributed by atoms with Crippen LogP contribution in [0.1, 0.15) is 21.5 Å². The minimum absolute atomic E-state index is 0.245. The van der Waals surface area contributed by atoms with Gasteiger partial charge >= 0.3 is 5.97 Å². The van der Waals surface area contributed by atoms with Crippen molar-refractivity contribution in [2.75, 3.05) is 5.32 Å². The van der Waals surface area contributed by atoms with Crippen LogP contribution in [0.2, 0.25) is 5.02 Å². The Morgan fingerprint density at radius 3 is 2.68 bits per heavy atom. The summed E-state index contributed by atoms with van der Waals surface area (Å²) >= 11 is 5.98. The molecule has 19 heavy (non-hydrogen) atoms. The molecule has 0 amide bonds. The first kappa shape index (κ1) is 11.8. The minimum Gasteiger partial charge on any atom is -0.478 e. The maximum atomic E-state index is 11.3. The number of rotatable bonds is 1. The Labute approximate surface area is 115 Å². The van der Waals surface area contributed by atoms with Crippen LogP contribution < -0.4 is 5.32 Å². The van der Waals surface area contributed by atoms with E-state index in [0.29, 0.717) is 10.7 Å². The number of fused-ring (bicyclic) bond motifs is 2. The van der Waals surface area contributed by atoms with Gasteiger partial charge in [0, 0.05) is 10.7 Å². The number of halogens is 1. The maximum absolute atomic E-state index is 11.3. The number of carbonyl (C=O) groups is 1. The van der Waals surface area contributed by atoms with Gasteiger partial charge in [-0.2, -0.15) is 0 Å². The maximum Gasteiger partial charge on any atom is 0.337 e. The quantitative estimate of drug-likeness (QED) is 0.695. The minimum atomic E-state index is -0.955. The SMILES string of the molecule is O=C(O)c1cccc2c1Nc1cc(Cl)ccc1C=C2. The second-order valence-electron chi connectivity index (χ2n) is 4.26. The number of para-hydroxylation sites is 1. The Kier molecular flexibility index (Phi) is 2.76. The van der Waals surface area contributed by atoms with Gasteiger partial charge in [-0.15, -0.1) is 0 Å². The molecule has 4 heteroatoms. The molecular formula is C15H10ClNO2. The van der Waals surface area contributed by atoms with Crippen molar-refractivity contribution in [1.82, 2.24) is 0 Å². The number of hydrogen-bond donors (Lipinski definition) is 2. The first-order chi connectivity index (χ1) is 9.15. The summed E-state index contributed by atoms with van der Waals surface area (Å²) in [7, 11) is 0. The molecule has 2 N–H and O–H groups in total. The molecule has 0 fully saturated rings. The number of aromatic carboxylic acids is 1. The molecule has 1 aliphatic heterocycles.